The van der Waals surface area contributed by atoms with Crippen molar-refractivity contribution in [2.75, 3.05) is 20.8 Å². The number of ether oxygens (including phenoxy) is 3. The molecule has 138 valence electrons. The van der Waals surface area contributed by atoms with Gasteiger partial charge < -0.3 is 19.5 Å². The summed E-state index contributed by atoms with van der Waals surface area (Å²) in [5.41, 5.74) is 1.16. The zero-order valence-electron chi connectivity index (χ0n) is 14.7. The first-order valence-electron chi connectivity index (χ1n) is 7.88. The summed E-state index contributed by atoms with van der Waals surface area (Å²) >= 11 is 5.84. The van der Waals surface area contributed by atoms with Crippen LogP contribution in [-0.4, -0.2) is 32.7 Å². The van der Waals surface area contributed by atoms with Gasteiger partial charge in [0.25, 0.3) is 5.91 Å². The molecule has 1 N–H and O–H groups in total. The number of halogens is 1. The smallest absolute Gasteiger partial charge is 0.338 e. The molecule has 0 aliphatic rings. The lowest BCUT2D eigenvalue weighted by Gasteiger charge is -2.14. The Balaban J connectivity index is 1.90. The third-order valence-electron chi connectivity index (χ3n) is 3.70. The highest BCUT2D eigenvalue weighted by Gasteiger charge is 2.15. The van der Waals surface area contributed by atoms with Gasteiger partial charge in [-0.15, -0.1) is 0 Å². The van der Waals surface area contributed by atoms with Crippen LogP contribution < -0.4 is 14.8 Å². The molecule has 0 radical (unpaired) electrons. The van der Waals surface area contributed by atoms with Crippen LogP contribution in [0.4, 0.5) is 0 Å². The average molecular weight is 378 g/mol. The zero-order valence-corrected chi connectivity index (χ0v) is 15.5. The molecule has 2 rings (SSSR count). The lowest BCUT2D eigenvalue weighted by molar-refractivity contribution is -0.124. The van der Waals surface area contributed by atoms with E-state index in [0.717, 1.165) is 5.56 Å². The summed E-state index contributed by atoms with van der Waals surface area (Å²) < 4.78 is 15.3. The fourth-order valence-corrected chi connectivity index (χ4v) is 2.42. The van der Waals surface area contributed by atoms with Crippen LogP contribution in [0.5, 0.6) is 11.5 Å². The Morgan fingerprint density at radius 1 is 1.04 bits per heavy atom. The quantitative estimate of drug-likeness (QED) is 0.748. The normalized spacial score (nSPS) is 11.4. The highest BCUT2D eigenvalue weighted by atomic mass is 35.5. The Labute approximate surface area is 157 Å². The van der Waals surface area contributed by atoms with Gasteiger partial charge in [0.1, 0.15) is 0 Å². The van der Waals surface area contributed by atoms with Crippen LogP contribution in [0.3, 0.4) is 0 Å². The molecular weight excluding hydrogens is 358 g/mol. The van der Waals surface area contributed by atoms with Crippen LogP contribution in [-0.2, 0) is 9.53 Å². The van der Waals surface area contributed by atoms with Crippen LogP contribution in [0.25, 0.3) is 0 Å². The van der Waals surface area contributed by atoms with Crippen LogP contribution in [0.2, 0.25) is 5.02 Å². The SMILES string of the molecule is COc1ccc(C(=O)OCC(=O)N[C@@H](C)c2ccc(Cl)cc2)cc1OC. The Bertz CT molecular complexity index is 776. The fraction of sp³-hybridized carbons (Fsp3) is 0.263. The molecule has 0 aliphatic carbocycles. The van der Waals surface area contributed by atoms with Crippen LogP contribution in [0, 0.1) is 0 Å². The molecule has 2 aromatic rings. The van der Waals surface area contributed by atoms with Crippen molar-refractivity contribution < 1.29 is 23.8 Å². The van der Waals surface area contributed by atoms with Gasteiger partial charge >= 0.3 is 5.97 Å². The maximum Gasteiger partial charge on any atom is 0.338 e. The third-order valence-corrected chi connectivity index (χ3v) is 3.95. The summed E-state index contributed by atoms with van der Waals surface area (Å²) in [6.07, 6.45) is 0. The fourth-order valence-electron chi connectivity index (χ4n) is 2.30. The number of benzene rings is 2. The minimum atomic E-state index is -0.625. The molecule has 0 saturated heterocycles. The van der Waals surface area contributed by atoms with E-state index in [1.54, 1.807) is 18.2 Å². The number of carbonyl (C=O) groups is 2. The Hall–Kier alpha value is -2.73. The van der Waals surface area contributed by atoms with Gasteiger partial charge in [-0.25, -0.2) is 4.79 Å². The van der Waals surface area contributed by atoms with E-state index in [2.05, 4.69) is 5.32 Å². The van der Waals surface area contributed by atoms with Crippen molar-refractivity contribution in [1.82, 2.24) is 5.32 Å². The molecule has 0 aromatic heterocycles. The van der Waals surface area contributed by atoms with Crippen LogP contribution in [0.1, 0.15) is 28.9 Å². The summed E-state index contributed by atoms with van der Waals surface area (Å²) in [5.74, 6) is -0.122. The van der Waals surface area contributed by atoms with Gasteiger partial charge in [-0.1, -0.05) is 23.7 Å². The number of methoxy groups -OCH3 is 2. The van der Waals surface area contributed by atoms with Gasteiger partial charge in [0, 0.05) is 5.02 Å². The summed E-state index contributed by atoms with van der Waals surface area (Å²) in [4.78, 5) is 24.1. The highest BCUT2D eigenvalue weighted by molar-refractivity contribution is 6.30. The average Bonchev–Trinajstić information content (AvgIpc) is 2.65. The zero-order chi connectivity index (χ0) is 19.1. The van der Waals surface area contributed by atoms with Gasteiger partial charge in [-0.3, -0.25) is 4.79 Å². The lowest BCUT2D eigenvalue weighted by atomic mass is 10.1. The van der Waals surface area contributed by atoms with Crippen LogP contribution in [0.15, 0.2) is 42.5 Å². The number of carbonyl (C=O) groups excluding carboxylic acids is 2. The number of nitrogens with one attached hydrogen (secondary N) is 1. The molecule has 0 bridgehead atoms. The van der Waals surface area contributed by atoms with E-state index in [9.17, 15) is 9.59 Å². The predicted molar refractivity (Wildman–Crippen MR) is 97.8 cm³/mol. The molecule has 0 fully saturated rings. The number of hydrogen-bond acceptors (Lipinski definition) is 5. The van der Waals surface area contributed by atoms with Crippen molar-refractivity contribution in [3.63, 3.8) is 0 Å². The third kappa shape index (κ3) is 5.13. The molecule has 1 atom stereocenters. The van der Waals surface area contributed by atoms with Gasteiger partial charge in [-0.05, 0) is 42.8 Å². The minimum Gasteiger partial charge on any atom is -0.493 e. The molecule has 0 spiro atoms. The first kappa shape index (κ1) is 19.6. The Kier molecular flexibility index (Phi) is 6.86. The summed E-state index contributed by atoms with van der Waals surface area (Å²) in [6.45, 7) is 1.45. The molecule has 7 heteroatoms. The largest absolute Gasteiger partial charge is 0.493 e. The van der Waals surface area contributed by atoms with Gasteiger partial charge in [-0.2, -0.15) is 0 Å². The summed E-state index contributed by atoms with van der Waals surface area (Å²) in [7, 11) is 2.97. The first-order chi connectivity index (χ1) is 12.4. The summed E-state index contributed by atoms with van der Waals surface area (Å²) in [6, 6.07) is 11.5. The van der Waals surface area contributed by atoms with Gasteiger partial charge in [0.2, 0.25) is 0 Å². The number of hydrogen-bond donors (Lipinski definition) is 1. The maximum absolute atomic E-state index is 12.1. The standard InChI is InChI=1S/C19H20ClNO5/c1-12(13-4-7-15(20)8-5-13)21-18(22)11-26-19(23)14-6-9-16(24-2)17(10-14)25-3/h4-10,12H,11H2,1-3H3,(H,21,22)/t12-/m0/s1. The van der Waals surface area contributed by atoms with E-state index >= 15 is 0 Å². The summed E-state index contributed by atoms with van der Waals surface area (Å²) in [5, 5.41) is 3.38. The molecule has 26 heavy (non-hydrogen) atoms. The molecule has 0 saturated carbocycles. The molecule has 6 nitrogen and oxygen atoms in total. The minimum absolute atomic E-state index is 0.237. The van der Waals surface area contributed by atoms with Crippen molar-refractivity contribution >= 4 is 23.5 Å². The Morgan fingerprint density at radius 2 is 1.69 bits per heavy atom. The maximum atomic E-state index is 12.1. The molecule has 0 heterocycles. The van der Waals surface area contributed by atoms with Gasteiger partial charge in [0.05, 0.1) is 25.8 Å². The first-order valence-corrected chi connectivity index (χ1v) is 8.26. The monoisotopic (exact) mass is 377 g/mol. The molecule has 0 unspecified atom stereocenters. The van der Waals surface area contributed by atoms with Crippen molar-refractivity contribution in [3.05, 3.63) is 58.6 Å². The van der Waals surface area contributed by atoms with Crippen molar-refractivity contribution in [3.8, 4) is 11.5 Å². The van der Waals surface area contributed by atoms with Crippen LogP contribution >= 0.6 is 11.6 Å². The van der Waals surface area contributed by atoms with E-state index in [-0.39, 0.29) is 18.2 Å². The van der Waals surface area contributed by atoms with Crippen molar-refractivity contribution in [2.24, 2.45) is 0 Å². The van der Waals surface area contributed by atoms with Gasteiger partial charge in [0.15, 0.2) is 18.1 Å². The number of amides is 1. The number of rotatable bonds is 7. The number of esters is 1. The molecule has 1 amide bonds. The van der Waals surface area contributed by atoms with E-state index in [0.29, 0.717) is 16.5 Å². The van der Waals surface area contributed by atoms with Crippen molar-refractivity contribution in [1.29, 1.82) is 0 Å². The molecule has 2 aromatic carbocycles. The predicted octanol–water partition coefficient (Wildman–Crippen LogP) is 3.39. The van der Waals surface area contributed by atoms with E-state index in [1.807, 2.05) is 19.1 Å². The van der Waals surface area contributed by atoms with E-state index in [1.165, 1.54) is 26.4 Å². The molecule has 0 aliphatic heterocycles. The second-order valence-electron chi connectivity index (χ2n) is 5.49. The second-order valence-corrected chi connectivity index (χ2v) is 5.92. The Morgan fingerprint density at radius 3 is 2.31 bits per heavy atom. The highest BCUT2D eigenvalue weighted by Crippen LogP contribution is 2.27. The second kappa shape index (κ2) is 9.10. The van der Waals surface area contributed by atoms with E-state index in [4.69, 9.17) is 25.8 Å². The molecular formula is C19H20ClNO5. The van der Waals surface area contributed by atoms with E-state index < -0.39 is 11.9 Å². The lowest BCUT2D eigenvalue weighted by Crippen LogP contribution is -2.31. The topological polar surface area (TPSA) is 73.9 Å². The van der Waals surface area contributed by atoms with Crippen molar-refractivity contribution in [2.45, 2.75) is 13.0 Å².